The summed E-state index contributed by atoms with van der Waals surface area (Å²) in [5.74, 6) is -0.232. The quantitative estimate of drug-likeness (QED) is 0.753. The molecule has 26 heavy (non-hydrogen) atoms. The van der Waals surface area contributed by atoms with Crippen molar-refractivity contribution < 1.29 is 9.59 Å². The van der Waals surface area contributed by atoms with Crippen molar-refractivity contribution >= 4 is 29.5 Å². The summed E-state index contributed by atoms with van der Waals surface area (Å²) in [6.45, 7) is 1.91. The van der Waals surface area contributed by atoms with Crippen LogP contribution in [0.15, 0.2) is 54.6 Å². The van der Waals surface area contributed by atoms with Gasteiger partial charge in [0.2, 0.25) is 5.91 Å². The number of nitrogens with one attached hydrogen (secondary N) is 2. The fraction of sp³-hybridized carbons (Fsp3) is 0.238. The molecule has 5 heteroatoms. The molecular weight excluding hydrogens is 348 g/mol. The Balaban J connectivity index is 1.54. The molecule has 0 bridgehead atoms. The van der Waals surface area contributed by atoms with E-state index in [1.54, 1.807) is 24.3 Å². The van der Waals surface area contributed by atoms with Gasteiger partial charge in [-0.1, -0.05) is 35.9 Å². The molecule has 1 atom stereocenters. The van der Waals surface area contributed by atoms with Crippen molar-refractivity contribution in [3.63, 3.8) is 0 Å². The number of hydrogen-bond acceptors (Lipinski definition) is 2. The molecule has 0 radical (unpaired) electrons. The zero-order valence-electron chi connectivity index (χ0n) is 14.5. The Morgan fingerprint density at radius 2 is 1.88 bits per heavy atom. The maximum Gasteiger partial charge on any atom is 0.251 e. The van der Waals surface area contributed by atoms with Crippen LogP contribution in [0.3, 0.4) is 0 Å². The first-order chi connectivity index (χ1) is 12.5. The van der Waals surface area contributed by atoms with Crippen molar-refractivity contribution in [1.29, 1.82) is 0 Å². The van der Waals surface area contributed by atoms with Gasteiger partial charge >= 0.3 is 0 Å². The van der Waals surface area contributed by atoms with E-state index >= 15 is 0 Å². The van der Waals surface area contributed by atoms with Crippen molar-refractivity contribution in [2.75, 3.05) is 0 Å². The van der Waals surface area contributed by atoms with Gasteiger partial charge in [-0.15, -0.1) is 0 Å². The van der Waals surface area contributed by atoms with E-state index in [0.29, 0.717) is 16.6 Å². The lowest BCUT2D eigenvalue weighted by molar-refractivity contribution is -0.117. The van der Waals surface area contributed by atoms with E-state index < -0.39 is 0 Å². The first-order valence-corrected chi connectivity index (χ1v) is 9.04. The van der Waals surface area contributed by atoms with E-state index in [1.807, 2.05) is 37.3 Å². The molecule has 0 spiro atoms. The normalized spacial score (nSPS) is 14.8. The molecule has 0 aromatic heterocycles. The van der Waals surface area contributed by atoms with E-state index in [4.69, 9.17) is 11.6 Å². The molecule has 4 nitrogen and oxygen atoms in total. The maximum absolute atomic E-state index is 12.1. The van der Waals surface area contributed by atoms with E-state index in [2.05, 4.69) is 10.6 Å². The SMILES string of the molecule is CC(NC(=O)/C=C/c1ccc(C(=O)NC2CC2)cc1)c1cccc(Cl)c1. The van der Waals surface area contributed by atoms with Gasteiger partial charge in [0.25, 0.3) is 5.91 Å². The van der Waals surface area contributed by atoms with Gasteiger partial charge in [-0.2, -0.15) is 0 Å². The second kappa shape index (κ2) is 8.19. The molecule has 2 amide bonds. The van der Waals surface area contributed by atoms with Crippen molar-refractivity contribution in [2.24, 2.45) is 0 Å². The van der Waals surface area contributed by atoms with Crippen molar-refractivity contribution in [3.8, 4) is 0 Å². The fourth-order valence-electron chi connectivity index (χ4n) is 2.53. The number of hydrogen-bond donors (Lipinski definition) is 2. The van der Waals surface area contributed by atoms with Gasteiger partial charge in [0, 0.05) is 22.7 Å². The molecule has 2 aromatic rings. The summed E-state index contributed by atoms with van der Waals surface area (Å²) < 4.78 is 0. The molecule has 2 aromatic carbocycles. The Kier molecular flexibility index (Phi) is 5.74. The first-order valence-electron chi connectivity index (χ1n) is 8.66. The van der Waals surface area contributed by atoms with E-state index in [1.165, 1.54) is 6.08 Å². The minimum absolute atomic E-state index is 0.0453. The summed E-state index contributed by atoms with van der Waals surface area (Å²) in [5.41, 5.74) is 2.44. The molecular formula is C21H21ClN2O2. The topological polar surface area (TPSA) is 58.2 Å². The van der Waals surface area contributed by atoms with Crippen LogP contribution in [0.4, 0.5) is 0 Å². The van der Waals surface area contributed by atoms with Crippen LogP contribution in [0.1, 0.15) is 47.3 Å². The van der Waals surface area contributed by atoms with Gasteiger partial charge in [-0.05, 0) is 61.2 Å². The van der Waals surface area contributed by atoms with Crippen LogP contribution in [-0.2, 0) is 4.79 Å². The highest BCUT2D eigenvalue weighted by Gasteiger charge is 2.23. The monoisotopic (exact) mass is 368 g/mol. The van der Waals surface area contributed by atoms with Gasteiger partial charge in [0.05, 0.1) is 6.04 Å². The Labute approximate surface area is 158 Å². The Morgan fingerprint density at radius 1 is 1.15 bits per heavy atom. The lowest BCUT2D eigenvalue weighted by Gasteiger charge is -2.13. The van der Waals surface area contributed by atoms with Crippen LogP contribution in [0.25, 0.3) is 6.08 Å². The molecule has 0 heterocycles. The zero-order valence-corrected chi connectivity index (χ0v) is 15.3. The van der Waals surface area contributed by atoms with Gasteiger partial charge in [0.1, 0.15) is 0 Å². The highest BCUT2D eigenvalue weighted by molar-refractivity contribution is 6.30. The highest BCUT2D eigenvalue weighted by atomic mass is 35.5. The summed E-state index contributed by atoms with van der Waals surface area (Å²) in [4.78, 5) is 24.0. The number of carbonyl (C=O) groups is 2. The fourth-order valence-corrected chi connectivity index (χ4v) is 2.73. The lowest BCUT2D eigenvalue weighted by atomic mass is 10.1. The minimum Gasteiger partial charge on any atom is -0.349 e. The molecule has 1 saturated carbocycles. The van der Waals surface area contributed by atoms with Crippen molar-refractivity contribution in [1.82, 2.24) is 10.6 Å². The molecule has 0 saturated heterocycles. The largest absolute Gasteiger partial charge is 0.349 e. The molecule has 1 unspecified atom stereocenters. The number of benzene rings is 2. The number of rotatable bonds is 6. The summed E-state index contributed by atoms with van der Waals surface area (Å²) >= 11 is 5.98. The standard InChI is InChI=1S/C21H21ClN2O2/c1-14(17-3-2-4-18(22)13-17)23-20(25)12-7-15-5-8-16(9-6-15)21(26)24-19-10-11-19/h2-9,12-14,19H,10-11H2,1H3,(H,23,25)(H,24,26)/b12-7+. The summed E-state index contributed by atoms with van der Waals surface area (Å²) in [6, 6.07) is 14.8. The van der Waals surface area contributed by atoms with Crippen molar-refractivity contribution in [3.05, 3.63) is 76.3 Å². The summed E-state index contributed by atoms with van der Waals surface area (Å²) in [7, 11) is 0. The van der Waals surface area contributed by atoms with Crippen LogP contribution in [0, 0.1) is 0 Å². The average molecular weight is 369 g/mol. The van der Waals surface area contributed by atoms with Gasteiger partial charge in [0.15, 0.2) is 0 Å². The Bertz CT molecular complexity index is 826. The molecule has 3 rings (SSSR count). The van der Waals surface area contributed by atoms with Crippen LogP contribution in [-0.4, -0.2) is 17.9 Å². The number of halogens is 1. The predicted molar refractivity (Wildman–Crippen MR) is 104 cm³/mol. The van der Waals surface area contributed by atoms with E-state index in [0.717, 1.165) is 24.0 Å². The third-order valence-electron chi connectivity index (χ3n) is 4.22. The van der Waals surface area contributed by atoms with Gasteiger partial charge in [-0.25, -0.2) is 0 Å². The highest BCUT2D eigenvalue weighted by Crippen LogP contribution is 2.19. The van der Waals surface area contributed by atoms with Crippen LogP contribution in [0.2, 0.25) is 5.02 Å². The van der Waals surface area contributed by atoms with Crippen LogP contribution in [0.5, 0.6) is 0 Å². The first kappa shape index (κ1) is 18.2. The Morgan fingerprint density at radius 3 is 2.54 bits per heavy atom. The predicted octanol–water partition coefficient (Wildman–Crippen LogP) is 4.12. The number of carbonyl (C=O) groups excluding carboxylic acids is 2. The third-order valence-corrected chi connectivity index (χ3v) is 4.46. The molecule has 1 aliphatic carbocycles. The third kappa shape index (κ3) is 5.20. The smallest absolute Gasteiger partial charge is 0.251 e. The summed E-state index contributed by atoms with van der Waals surface area (Å²) in [6.07, 6.45) is 5.34. The molecule has 1 aliphatic rings. The lowest BCUT2D eigenvalue weighted by Crippen LogP contribution is -2.25. The molecule has 2 N–H and O–H groups in total. The second-order valence-electron chi connectivity index (χ2n) is 6.49. The summed E-state index contributed by atoms with van der Waals surface area (Å²) in [5, 5.41) is 6.50. The number of amides is 2. The van der Waals surface area contributed by atoms with Crippen LogP contribution >= 0.6 is 11.6 Å². The molecule has 1 fully saturated rings. The van der Waals surface area contributed by atoms with Crippen molar-refractivity contribution in [2.45, 2.75) is 31.8 Å². The minimum atomic E-state index is -0.187. The van der Waals surface area contributed by atoms with Crippen LogP contribution < -0.4 is 10.6 Å². The second-order valence-corrected chi connectivity index (χ2v) is 6.92. The van der Waals surface area contributed by atoms with E-state index in [9.17, 15) is 9.59 Å². The average Bonchev–Trinajstić information content (AvgIpc) is 3.44. The maximum atomic E-state index is 12.1. The molecule has 0 aliphatic heterocycles. The van der Waals surface area contributed by atoms with E-state index in [-0.39, 0.29) is 17.9 Å². The van der Waals surface area contributed by atoms with Gasteiger partial charge in [-0.3, -0.25) is 9.59 Å². The van der Waals surface area contributed by atoms with Gasteiger partial charge < -0.3 is 10.6 Å². The molecule has 134 valence electrons. The zero-order chi connectivity index (χ0) is 18.5. The Hall–Kier alpha value is -2.59.